The van der Waals surface area contributed by atoms with Gasteiger partial charge in [-0.3, -0.25) is 0 Å². The SMILES string of the molecule is O=S(=O)(C1CC1)N1CCC(N[C@@H](c2ccccc2)C2CC2)CC1. The van der Waals surface area contributed by atoms with Crippen molar-refractivity contribution in [1.82, 2.24) is 9.62 Å². The second-order valence-corrected chi connectivity index (χ2v) is 9.52. The van der Waals surface area contributed by atoms with Crippen molar-refractivity contribution in [1.29, 1.82) is 0 Å². The van der Waals surface area contributed by atoms with E-state index in [1.54, 1.807) is 4.31 Å². The molecule has 3 aliphatic rings. The highest BCUT2D eigenvalue weighted by Gasteiger charge is 2.41. The number of hydrogen-bond acceptors (Lipinski definition) is 3. The van der Waals surface area contributed by atoms with E-state index in [-0.39, 0.29) is 5.25 Å². The monoisotopic (exact) mass is 334 g/mol. The van der Waals surface area contributed by atoms with E-state index in [2.05, 4.69) is 35.6 Å². The number of rotatable bonds is 6. The fourth-order valence-corrected chi connectivity index (χ4v) is 5.58. The highest BCUT2D eigenvalue weighted by atomic mass is 32.2. The van der Waals surface area contributed by atoms with Crippen LogP contribution >= 0.6 is 0 Å². The highest BCUT2D eigenvalue weighted by Crippen LogP contribution is 2.41. The molecule has 0 amide bonds. The third kappa shape index (κ3) is 3.47. The van der Waals surface area contributed by atoms with Crippen LogP contribution in [0.4, 0.5) is 0 Å². The summed E-state index contributed by atoms with van der Waals surface area (Å²) in [5.41, 5.74) is 1.38. The van der Waals surface area contributed by atoms with E-state index in [1.807, 2.05) is 0 Å². The predicted octanol–water partition coefficient (Wildman–Crippen LogP) is 2.68. The Morgan fingerprint density at radius 3 is 2.17 bits per heavy atom. The van der Waals surface area contributed by atoms with E-state index in [4.69, 9.17) is 0 Å². The fourth-order valence-electron chi connectivity index (χ4n) is 3.70. The second-order valence-electron chi connectivity index (χ2n) is 7.31. The van der Waals surface area contributed by atoms with Crippen LogP contribution in [0.2, 0.25) is 0 Å². The van der Waals surface area contributed by atoms with Crippen molar-refractivity contribution >= 4 is 10.0 Å². The third-order valence-electron chi connectivity index (χ3n) is 5.43. The molecule has 1 aliphatic heterocycles. The number of benzene rings is 1. The van der Waals surface area contributed by atoms with Crippen LogP contribution in [-0.2, 0) is 10.0 Å². The lowest BCUT2D eigenvalue weighted by Gasteiger charge is -2.34. The zero-order valence-corrected chi connectivity index (χ0v) is 14.3. The molecule has 126 valence electrons. The summed E-state index contributed by atoms with van der Waals surface area (Å²) in [6.07, 6.45) is 6.20. The summed E-state index contributed by atoms with van der Waals surface area (Å²) in [5.74, 6) is 0.755. The van der Waals surface area contributed by atoms with Crippen molar-refractivity contribution < 1.29 is 8.42 Å². The minimum absolute atomic E-state index is 0.0736. The van der Waals surface area contributed by atoms with Crippen LogP contribution in [0.1, 0.15) is 50.1 Å². The molecule has 1 aromatic rings. The molecule has 1 atom stereocenters. The van der Waals surface area contributed by atoms with Gasteiger partial charge in [0.25, 0.3) is 0 Å². The molecular formula is C18H26N2O2S. The Balaban J connectivity index is 1.36. The lowest BCUT2D eigenvalue weighted by Crippen LogP contribution is -2.46. The van der Waals surface area contributed by atoms with Gasteiger partial charge in [0.15, 0.2) is 0 Å². The van der Waals surface area contributed by atoms with E-state index in [0.29, 0.717) is 25.2 Å². The van der Waals surface area contributed by atoms with Gasteiger partial charge in [-0.2, -0.15) is 0 Å². The van der Waals surface area contributed by atoms with Crippen molar-refractivity contribution in [2.75, 3.05) is 13.1 Å². The summed E-state index contributed by atoms with van der Waals surface area (Å²) in [6, 6.07) is 11.6. The standard InChI is InChI=1S/C18H26N2O2S/c21-23(22,17-8-9-17)20-12-10-16(11-13-20)19-18(15-6-7-15)14-4-2-1-3-5-14/h1-5,15-19H,6-13H2/t18-/m0/s1. The molecule has 4 nitrogen and oxygen atoms in total. The van der Waals surface area contributed by atoms with Gasteiger partial charge in [0.2, 0.25) is 10.0 Å². The summed E-state index contributed by atoms with van der Waals surface area (Å²) in [6.45, 7) is 1.37. The Bertz CT molecular complexity index is 630. The number of piperidine rings is 1. The maximum Gasteiger partial charge on any atom is 0.216 e. The van der Waals surface area contributed by atoms with Crippen LogP contribution in [0, 0.1) is 5.92 Å². The predicted molar refractivity (Wildman–Crippen MR) is 91.6 cm³/mol. The molecule has 1 N–H and O–H groups in total. The van der Waals surface area contributed by atoms with Crippen molar-refractivity contribution in [3.05, 3.63) is 35.9 Å². The van der Waals surface area contributed by atoms with Crippen LogP contribution in [0.3, 0.4) is 0 Å². The molecule has 0 spiro atoms. The van der Waals surface area contributed by atoms with Crippen LogP contribution < -0.4 is 5.32 Å². The summed E-state index contributed by atoms with van der Waals surface area (Å²) in [7, 11) is -2.99. The summed E-state index contributed by atoms with van der Waals surface area (Å²) in [5, 5.41) is 3.76. The Morgan fingerprint density at radius 2 is 1.61 bits per heavy atom. The summed E-state index contributed by atoms with van der Waals surface area (Å²) < 4.78 is 26.4. The van der Waals surface area contributed by atoms with E-state index in [9.17, 15) is 8.42 Å². The molecule has 23 heavy (non-hydrogen) atoms. The van der Waals surface area contributed by atoms with Gasteiger partial charge in [0, 0.05) is 25.2 Å². The van der Waals surface area contributed by atoms with E-state index in [1.165, 1.54) is 18.4 Å². The molecule has 1 saturated heterocycles. The number of nitrogens with zero attached hydrogens (tertiary/aromatic N) is 1. The van der Waals surface area contributed by atoms with Crippen LogP contribution in [0.25, 0.3) is 0 Å². The van der Waals surface area contributed by atoms with Gasteiger partial charge >= 0.3 is 0 Å². The van der Waals surface area contributed by atoms with Crippen molar-refractivity contribution in [3.63, 3.8) is 0 Å². The van der Waals surface area contributed by atoms with Crippen molar-refractivity contribution in [2.24, 2.45) is 5.92 Å². The van der Waals surface area contributed by atoms with Gasteiger partial charge in [-0.15, -0.1) is 0 Å². The number of sulfonamides is 1. The van der Waals surface area contributed by atoms with Gasteiger partial charge < -0.3 is 5.32 Å². The molecule has 0 radical (unpaired) electrons. The topological polar surface area (TPSA) is 49.4 Å². The lowest BCUT2D eigenvalue weighted by molar-refractivity contribution is 0.266. The molecule has 1 aromatic carbocycles. The number of hydrogen-bond donors (Lipinski definition) is 1. The molecule has 5 heteroatoms. The first-order valence-electron chi connectivity index (χ1n) is 8.94. The average molecular weight is 334 g/mol. The first kappa shape index (κ1) is 15.6. The van der Waals surface area contributed by atoms with Crippen LogP contribution in [0.5, 0.6) is 0 Å². The largest absolute Gasteiger partial charge is 0.307 e. The Kier molecular flexibility index (Phi) is 4.20. The molecule has 4 rings (SSSR count). The lowest BCUT2D eigenvalue weighted by atomic mass is 9.98. The molecule has 3 fully saturated rings. The Labute approximate surface area is 139 Å². The molecule has 0 unspecified atom stereocenters. The van der Waals surface area contributed by atoms with Gasteiger partial charge in [-0.25, -0.2) is 12.7 Å². The normalized spacial score (nSPS) is 25.4. The maximum atomic E-state index is 12.3. The maximum absolute atomic E-state index is 12.3. The third-order valence-corrected chi connectivity index (χ3v) is 7.83. The minimum atomic E-state index is -2.99. The van der Waals surface area contributed by atoms with Crippen molar-refractivity contribution in [2.45, 2.75) is 55.9 Å². The van der Waals surface area contributed by atoms with Crippen molar-refractivity contribution in [3.8, 4) is 0 Å². The highest BCUT2D eigenvalue weighted by molar-refractivity contribution is 7.90. The van der Waals surface area contributed by atoms with E-state index in [0.717, 1.165) is 31.6 Å². The van der Waals surface area contributed by atoms with Gasteiger partial charge in [0.1, 0.15) is 0 Å². The first-order valence-corrected chi connectivity index (χ1v) is 10.4. The zero-order chi connectivity index (χ0) is 15.9. The zero-order valence-electron chi connectivity index (χ0n) is 13.5. The van der Waals surface area contributed by atoms with Crippen LogP contribution in [-0.4, -0.2) is 37.1 Å². The van der Waals surface area contributed by atoms with Gasteiger partial charge in [-0.05, 0) is 50.0 Å². The van der Waals surface area contributed by atoms with Gasteiger partial charge in [-0.1, -0.05) is 30.3 Å². The smallest absolute Gasteiger partial charge is 0.216 e. The summed E-state index contributed by atoms with van der Waals surface area (Å²) in [4.78, 5) is 0. The fraction of sp³-hybridized carbons (Fsp3) is 0.667. The molecule has 0 bridgehead atoms. The van der Waals surface area contributed by atoms with E-state index < -0.39 is 10.0 Å². The Morgan fingerprint density at radius 1 is 0.957 bits per heavy atom. The second kappa shape index (κ2) is 6.19. The first-order chi connectivity index (χ1) is 11.1. The Hall–Kier alpha value is -0.910. The summed E-state index contributed by atoms with van der Waals surface area (Å²) >= 11 is 0. The average Bonchev–Trinajstić information content (AvgIpc) is 3.46. The van der Waals surface area contributed by atoms with Gasteiger partial charge in [0.05, 0.1) is 5.25 Å². The molecule has 2 saturated carbocycles. The molecular weight excluding hydrogens is 308 g/mol. The quantitative estimate of drug-likeness (QED) is 0.870. The van der Waals surface area contributed by atoms with E-state index >= 15 is 0 Å². The molecule has 1 heterocycles. The molecule has 2 aliphatic carbocycles. The minimum Gasteiger partial charge on any atom is -0.307 e. The van der Waals surface area contributed by atoms with Crippen LogP contribution in [0.15, 0.2) is 30.3 Å². The molecule has 0 aromatic heterocycles. The number of nitrogens with one attached hydrogen (secondary N) is 1.